The summed E-state index contributed by atoms with van der Waals surface area (Å²) in [5.74, 6) is 1.41. The molecule has 0 unspecified atom stereocenters. The Morgan fingerprint density at radius 2 is 2.10 bits per heavy atom. The average molecular weight is 358 g/mol. The van der Waals surface area contributed by atoms with Gasteiger partial charge in [0, 0.05) is 22.8 Å². The normalized spacial score (nSPS) is 10.2. The van der Waals surface area contributed by atoms with E-state index < -0.39 is 0 Å². The van der Waals surface area contributed by atoms with E-state index in [1.165, 1.54) is 0 Å². The van der Waals surface area contributed by atoms with E-state index in [1.54, 1.807) is 20.4 Å². The number of methoxy groups -OCH3 is 2. The molecule has 0 aliphatic heterocycles. The molecule has 2 rings (SSSR count). The van der Waals surface area contributed by atoms with Crippen LogP contribution >= 0.6 is 27.5 Å². The number of hydrogen-bond acceptors (Lipinski definition) is 4. The molecule has 0 bridgehead atoms. The second-order valence-corrected chi connectivity index (χ2v) is 5.27. The highest BCUT2D eigenvalue weighted by molar-refractivity contribution is 9.10. The molecule has 6 heteroatoms. The van der Waals surface area contributed by atoms with E-state index in [0.29, 0.717) is 23.2 Å². The Kier molecular flexibility index (Phi) is 5.09. The van der Waals surface area contributed by atoms with E-state index in [2.05, 4.69) is 26.2 Å². The lowest BCUT2D eigenvalue weighted by atomic mass is 10.2. The third-order valence-electron chi connectivity index (χ3n) is 2.76. The summed E-state index contributed by atoms with van der Waals surface area (Å²) in [4.78, 5) is 4.07. The number of nitrogens with one attached hydrogen (secondary N) is 1. The monoisotopic (exact) mass is 356 g/mol. The number of pyridine rings is 1. The molecule has 2 aromatic rings. The Morgan fingerprint density at radius 1 is 1.30 bits per heavy atom. The molecule has 1 heterocycles. The fraction of sp³-hybridized carbons (Fsp3) is 0.214. The molecule has 0 aliphatic rings. The SMILES string of the molecule is COc1cccc(CNc2cc(Br)cnc2Cl)c1OC. The molecule has 106 valence electrons. The van der Waals surface area contributed by atoms with Crippen LogP contribution in [0.3, 0.4) is 0 Å². The van der Waals surface area contributed by atoms with Gasteiger partial charge < -0.3 is 14.8 Å². The molecule has 0 atom stereocenters. The Hall–Kier alpha value is -1.46. The number of ether oxygens (including phenoxy) is 2. The maximum Gasteiger partial charge on any atom is 0.165 e. The topological polar surface area (TPSA) is 43.4 Å². The number of hydrogen-bond donors (Lipinski definition) is 1. The van der Waals surface area contributed by atoms with Gasteiger partial charge in [-0.15, -0.1) is 0 Å². The zero-order valence-electron chi connectivity index (χ0n) is 11.1. The molecule has 1 aromatic heterocycles. The van der Waals surface area contributed by atoms with Crippen LogP contribution in [0.1, 0.15) is 5.56 Å². The molecule has 1 N–H and O–H groups in total. The summed E-state index contributed by atoms with van der Waals surface area (Å²) >= 11 is 9.41. The first-order valence-electron chi connectivity index (χ1n) is 5.90. The second-order valence-electron chi connectivity index (χ2n) is 4.00. The summed E-state index contributed by atoms with van der Waals surface area (Å²) in [6, 6.07) is 7.62. The average Bonchev–Trinajstić information content (AvgIpc) is 2.47. The Labute approximate surface area is 131 Å². The van der Waals surface area contributed by atoms with Crippen molar-refractivity contribution >= 4 is 33.2 Å². The lowest BCUT2D eigenvalue weighted by molar-refractivity contribution is 0.352. The van der Waals surface area contributed by atoms with Gasteiger partial charge >= 0.3 is 0 Å². The van der Waals surface area contributed by atoms with Crippen molar-refractivity contribution in [1.82, 2.24) is 4.98 Å². The molecule has 20 heavy (non-hydrogen) atoms. The number of benzene rings is 1. The number of rotatable bonds is 5. The van der Waals surface area contributed by atoms with Crippen molar-refractivity contribution in [3.05, 3.63) is 45.7 Å². The minimum Gasteiger partial charge on any atom is -0.493 e. The maximum absolute atomic E-state index is 6.04. The van der Waals surface area contributed by atoms with Gasteiger partial charge in [0.25, 0.3) is 0 Å². The molecule has 0 aliphatic carbocycles. The predicted octanol–water partition coefficient (Wildman–Crippen LogP) is 4.13. The standard InChI is InChI=1S/C14H14BrClN2O2/c1-19-12-5-3-4-9(13(12)20-2)7-17-11-6-10(15)8-18-14(11)16/h3-6,8,17H,7H2,1-2H3. The molecule has 1 aromatic carbocycles. The Bertz CT molecular complexity index is 608. The number of para-hydroxylation sites is 1. The van der Waals surface area contributed by atoms with Gasteiger partial charge in [-0.1, -0.05) is 23.7 Å². The van der Waals surface area contributed by atoms with Crippen molar-refractivity contribution in [3.63, 3.8) is 0 Å². The quantitative estimate of drug-likeness (QED) is 0.817. The van der Waals surface area contributed by atoms with Gasteiger partial charge in [-0.25, -0.2) is 4.98 Å². The highest BCUT2D eigenvalue weighted by atomic mass is 79.9. The molecule has 0 fully saturated rings. The van der Waals surface area contributed by atoms with E-state index in [9.17, 15) is 0 Å². The molecular weight excluding hydrogens is 344 g/mol. The lowest BCUT2D eigenvalue weighted by Crippen LogP contribution is -2.03. The van der Waals surface area contributed by atoms with Crippen molar-refractivity contribution in [2.75, 3.05) is 19.5 Å². The van der Waals surface area contributed by atoms with Crippen molar-refractivity contribution < 1.29 is 9.47 Å². The van der Waals surface area contributed by atoms with Crippen molar-refractivity contribution in [1.29, 1.82) is 0 Å². The van der Waals surface area contributed by atoms with Gasteiger partial charge in [0.2, 0.25) is 0 Å². The lowest BCUT2D eigenvalue weighted by Gasteiger charge is -2.14. The van der Waals surface area contributed by atoms with Gasteiger partial charge in [-0.2, -0.15) is 0 Å². The van der Waals surface area contributed by atoms with Gasteiger partial charge in [0.05, 0.1) is 19.9 Å². The van der Waals surface area contributed by atoms with E-state index >= 15 is 0 Å². The maximum atomic E-state index is 6.04. The second kappa shape index (κ2) is 6.81. The molecule has 0 saturated carbocycles. The largest absolute Gasteiger partial charge is 0.493 e. The first-order valence-corrected chi connectivity index (χ1v) is 7.07. The number of nitrogens with zero attached hydrogens (tertiary/aromatic N) is 1. The van der Waals surface area contributed by atoms with Crippen LogP contribution in [0.2, 0.25) is 5.15 Å². The molecular formula is C14H14BrClN2O2. The summed E-state index contributed by atoms with van der Waals surface area (Å²) in [5, 5.41) is 3.66. The van der Waals surface area contributed by atoms with Crippen LogP contribution in [0, 0.1) is 0 Å². The van der Waals surface area contributed by atoms with Gasteiger partial charge in [0.15, 0.2) is 16.7 Å². The third kappa shape index (κ3) is 3.35. The Balaban J connectivity index is 2.20. The van der Waals surface area contributed by atoms with Crippen LogP contribution < -0.4 is 14.8 Å². The van der Waals surface area contributed by atoms with Crippen molar-refractivity contribution in [2.24, 2.45) is 0 Å². The van der Waals surface area contributed by atoms with Crippen LogP contribution in [-0.2, 0) is 6.54 Å². The van der Waals surface area contributed by atoms with E-state index in [4.69, 9.17) is 21.1 Å². The number of anilines is 1. The fourth-order valence-corrected chi connectivity index (χ4v) is 2.33. The molecule has 0 radical (unpaired) electrons. The number of halogens is 2. The van der Waals surface area contributed by atoms with Crippen LogP contribution in [0.5, 0.6) is 11.5 Å². The fourth-order valence-electron chi connectivity index (χ4n) is 1.83. The first-order chi connectivity index (χ1) is 9.65. The minimum absolute atomic E-state index is 0.426. The molecule has 0 saturated heterocycles. The van der Waals surface area contributed by atoms with Crippen LogP contribution in [-0.4, -0.2) is 19.2 Å². The van der Waals surface area contributed by atoms with Gasteiger partial charge in [-0.3, -0.25) is 0 Å². The van der Waals surface area contributed by atoms with E-state index in [1.807, 2.05) is 24.3 Å². The summed E-state index contributed by atoms with van der Waals surface area (Å²) in [5.41, 5.74) is 1.73. The van der Waals surface area contributed by atoms with E-state index in [0.717, 1.165) is 15.7 Å². The third-order valence-corrected chi connectivity index (χ3v) is 3.49. The zero-order chi connectivity index (χ0) is 14.5. The van der Waals surface area contributed by atoms with Crippen molar-refractivity contribution in [3.8, 4) is 11.5 Å². The Morgan fingerprint density at radius 3 is 2.80 bits per heavy atom. The van der Waals surface area contributed by atoms with Gasteiger partial charge in [-0.05, 0) is 28.1 Å². The summed E-state index contributed by atoms with van der Waals surface area (Å²) < 4.78 is 11.5. The summed E-state index contributed by atoms with van der Waals surface area (Å²) in [6.07, 6.45) is 1.65. The van der Waals surface area contributed by atoms with Crippen LogP contribution in [0.4, 0.5) is 5.69 Å². The smallest absolute Gasteiger partial charge is 0.165 e. The van der Waals surface area contributed by atoms with Crippen LogP contribution in [0.25, 0.3) is 0 Å². The molecule has 4 nitrogen and oxygen atoms in total. The van der Waals surface area contributed by atoms with Crippen molar-refractivity contribution in [2.45, 2.75) is 6.54 Å². The minimum atomic E-state index is 0.426. The highest BCUT2D eigenvalue weighted by Gasteiger charge is 2.10. The molecule has 0 amide bonds. The number of aromatic nitrogens is 1. The van der Waals surface area contributed by atoms with Gasteiger partial charge in [0.1, 0.15) is 0 Å². The highest BCUT2D eigenvalue weighted by Crippen LogP contribution is 2.32. The first kappa shape index (κ1) is 14.9. The molecule has 0 spiro atoms. The zero-order valence-corrected chi connectivity index (χ0v) is 13.5. The van der Waals surface area contributed by atoms with Crippen LogP contribution in [0.15, 0.2) is 34.9 Å². The predicted molar refractivity (Wildman–Crippen MR) is 83.8 cm³/mol. The summed E-state index contributed by atoms with van der Waals surface area (Å²) in [7, 11) is 3.24. The summed E-state index contributed by atoms with van der Waals surface area (Å²) in [6.45, 7) is 0.554. The van der Waals surface area contributed by atoms with E-state index in [-0.39, 0.29) is 0 Å².